The van der Waals surface area contributed by atoms with Crippen LogP contribution in [0.25, 0.3) is 0 Å². The van der Waals surface area contributed by atoms with Crippen molar-refractivity contribution in [3.05, 3.63) is 0 Å². The Kier molecular flexibility index (Phi) is 5.39. The minimum absolute atomic E-state index is 0.0293. The number of hydrogen-bond acceptors (Lipinski definition) is 4. The number of piperidine rings is 1. The first-order valence-electron chi connectivity index (χ1n) is 6.02. The van der Waals surface area contributed by atoms with Gasteiger partial charge in [-0.2, -0.15) is 0 Å². The van der Waals surface area contributed by atoms with Crippen molar-refractivity contribution >= 4 is 15.7 Å². The standard InChI is InChI=1S/C11H22N2O3S/c1-12-9-10-3-6-13(7-4-10)11(14)5-8-17(2,15)16/h10,12H,3-9H2,1-2H3. The molecule has 6 heteroatoms. The number of nitrogens with zero attached hydrogens (tertiary/aromatic N) is 1. The largest absolute Gasteiger partial charge is 0.343 e. The molecule has 5 nitrogen and oxygen atoms in total. The van der Waals surface area contributed by atoms with Crippen molar-refractivity contribution in [2.45, 2.75) is 19.3 Å². The maximum Gasteiger partial charge on any atom is 0.223 e. The lowest BCUT2D eigenvalue weighted by atomic mass is 9.97. The summed E-state index contributed by atoms with van der Waals surface area (Å²) in [5.74, 6) is 0.569. The quantitative estimate of drug-likeness (QED) is 0.750. The zero-order valence-electron chi connectivity index (χ0n) is 10.6. The molecule has 0 saturated carbocycles. The summed E-state index contributed by atoms with van der Waals surface area (Å²) < 4.78 is 22.0. The second-order valence-electron chi connectivity index (χ2n) is 4.76. The van der Waals surface area contributed by atoms with Gasteiger partial charge in [-0.1, -0.05) is 0 Å². The van der Waals surface area contributed by atoms with Crippen molar-refractivity contribution in [3.8, 4) is 0 Å². The summed E-state index contributed by atoms with van der Waals surface area (Å²) >= 11 is 0. The Hall–Kier alpha value is -0.620. The van der Waals surface area contributed by atoms with Crippen LogP contribution in [0.3, 0.4) is 0 Å². The van der Waals surface area contributed by atoms with Crippen LogP contribution >= 0.6 is 0 Å². The summed E-state index contributed by atoms with van der Waals surface area (Å²) in [6.45, 7) is 2.51. The topological polar surface area (TPSA) is 66.5 Å². The molecule has 0 bridgehead atoms. The summed E-state index contributed by atoms with van der Waals surface area (Å²) in [6, 6.07) is 0. The SMILES string of the molecule is CNCC1CCN(C(=O)CCS(C)(=O)=O)CC1. The molecule has 0 aliphatic carbocycles. The minimum Gasteiger partial charge on any atom is -0.343 e. The second-order valence-corrected chi connectivity index (χ2v) is 7.02. The lowest BCUT2D eigenvalue weighted by molar-refractivity contribution is -0.132. The summed E-state index contributed by atoms with van der Waals surface area (Å²) in [6.07, 6.45) is 3.30. The lowest BCUT2D eigenvalue weighted by Crippen LogP contribution is -2.40. The molecule has 0 radical (unpaired) electrons. The van der Waals surface area contributed by atoms with E-state index in [0.717, 1.165) is 32.5 Å². The van der Waals surface area contributed by atoms with Crippen molar-refractivity contribution < 1.29 is 13.2 Å². The molecular weight excluding hydrogens is 240 g/mol. The number of amides is 1. The fraction of sp³-hybridized carbons (Fsp3) is 0.909. The summed E-state index contributed by atoms with van der Waals surface area (Å²) in [7, 11) is -1.10. The van der Waals surface area contributed by atoms with E-state index in [-0.39, 0.29) is 18.1 Å². The van der Waals surface area contributed by atoms with Crippen molar-refractivity contribution in [2.75, 3.05) is 38.7 Å². The van der Waals surface area contributed by atoms with E-state index in [1.54, 1.807) is 4.90 Å². The van der Waals surface area contributed by atoms with E-state index < -0.39 is 9.84 Å². The van der Waals surface area contributed by atoms with Gasteiger partial charge in [0.25, 0.3) is 0 Å². The van der Waals surface area contributed by atoms with Crippen LogP contribution in [-0.4, -0.2) is 57.9 Å². The van der Waals surface area contributed by atoms with E-state index in [2.05, 4.69) is 5.32 Å². The highest BCUT2D eigenvalue weighted by atomic mass is 32.2. The molecule has 1 aliphatic rings. The zero-order chi connectivity index (χ0) is 12.9. The summed E-state index contributed by atoms with van der Waals surface area (Å²) in [4.78, 5) is 13.5. The van der Waals surface area contributed by atoms with Crippen LogP contribution in [0, 0.1) is 5.92 Å². The predicted octanol–water partition coefficient (Wildman–Crippen LogP) is -0.121. The second kappa shape index (κ2) is 6.35. The van der Waals surface area contributed by atoms with Gasteiger partial charge in [0.2, 0.25) is 5.91 Å². The van der Waals surface area contributed by atoms with Gasteiger partial charge in [-0.3, -0.25) is 4.79 Å². The van der Waals surface area contributed by atoms with Crippen LogP contribution in [0.1, 0.15) is 19.3 Å². The number of rotatable bonds is 5. The van der Waals surface area contributed by atoms with E-state index in [1.165, 1.54) is 6.26 Å². The molecule has 1 aliphatic heterocycles. The molecule has 0 unspecified atom stereocenters. The number of likely N-dealkylation sites (tertiary alicyclic amines) is 1. The lowest BCUT2D eigenvalue weighted by Gasteiger charge is -2.32. The molecule has 1 heterocycles. The molecule has 1 rings (SSSR count). The Bertz CT molecular complexity index is 346. The van der Waals surface area contributed by atoms with Crippen LogP contribution in [0.15, 0.2) is 0 Å². The fourth-order valence-electron chi connectivity index (χ4n) is 2.11. The van der Waals surface area contributed by atoms with Crippen molar-refractivity contribution in [1.29, 1.82) is 0 Å². The van der Waals surface area contributed by atoms with Crippen LogP contribution in [0.2, 0.25) is 0 Å². The van der Waals surface area contributed by atoms with Gasteiger partial charge in [0.1, 0.15) is 9.84 Å². The Labute approximate surface area is 103 Å². The van der Waals surface area contributed by atoms with Crippen molar-refractivity contribution in [3.63, 3.8) is 0 Å². The highest BCUT2D eigenvalue weighted by Gasteiger charge is 2.22. The molecule has 100 valence electrons. The maximum absolute atomic E-state index is 11.8. The average molecular weight is 262 g/mol. The normalized spacial score (nSPS) is 18.4. The van der Waals surface area contributed by atoms with Gasteiger partial charge in [0.05, 0.1) is 5.75 Å². The molecule has 0 aromatic heterocycles. The third kappa shape index (κ3) is 5.50. The van der Waals surface area contributed by atoms with Gasteiger partial charge in [-0.15, -0.1) is 0 Å². The first kappa shape index (κ1) is 14.4. The predicted molar refractivity (Wildman–Crippen MR) is 67.6 cm³/mol. The van der Waals surface area contributed by atoms with Gasteiger partial charge in [-0.25, -0.2) is 8.42 Å². The third-order valence-corrected chi connectivity index (χ3v) is 4.09. The number of sulfone groups is 1. The Morgan fingerprint density at radius 1 is 1.35 bits per heavy atom. The number of carbonyl (C=O) groups is 1. The van der Waals surface area contributed by atoms with E-state index in [9.17, 15) is 13.2 Å². The number of nitrogens with one attached hydrogen (secondary N) is 1. The first-order chi connectivity index (χ1) is 7.92. The molecule has 17 heavy (non-hydrogen) atoms. The molecule has 1 amide bonds. The number of hydrogen-bond donors (Lipinski definition) is 1. The maximum atomic E-state index is 11.8. The fourth-order valence-corrected chi connectivity index (χ4v) is 2.65. The van der Waals surface area contributed by atoms with Gasteiger partial charge >= 0.3 is 0 Å². The molecule has 1 fully saturated rings. The van der Waals surface area contributed by atoms with Crippen molar-refractivity contribution in [1.82, 2.24) is 10.2 Å². The van der Waals surface area contributed by atoms with Crippen LogP contribution < -0.4 is 5.32 Å². The van der Waals surface area contributed by atoms with Gasteiger partial charge in [0, 0.05) is 25.8 Å². The van der Waals surface area contributed by atoms with Crippen LogP contribution in [-0.2, 0) is 14.6 Å². The van der Waals surface area contributed by atoms with E-state index in [0.29, 0.717) is 5.92 Å². The molecule has 1 N–H and O–H groups in total. The number of carbonyl (C=O) groups excluding carboxylic acids is 1. The monoisotopic (exact) mass is 262 g/mol. The molecule has 0 aromatic carbocycles. The Morgan fingerprint density at radius 2 is 1.94 bits per heavy atom. The average Bonchev–Trinajstić information content (AvgIpc) is 2.26. The van der Waals surface area contributed by atoms with Gasteiger partial charge < -0.3 is 10.2 Å². The van der Waals surface area contributed by atoms with E-state index in [4.69, 9.17) is 0 Å². The Morgan fingerprint density at radius 3 is 2.41 bits per heavy atom. The zero-order valence-corrected chi connectivity index (χ0v) is 11.4. The highest BCUT2D eigenvalue weighted by Crippen LogP contribution is 2.16. The van der Waals surface area contributed by atoms with E-state index >= 15 is 0 Å². The molecule has 0 atom stereocenters. The van der Waals surface area contributed by atoms with Crippen LogP contribution in [0.5, 0.6) is 0 Å². The smallest absolute Gasteiger partial charge is 0.223 e. The Balaban J connectivity index is 2.31. The van der Waals surface area contributed by atoms with E-state index in [1.807, 2.05) is 7.05 Å². The van der Waals surface area contributed by atoms with Gasteiger partial charge in [-0.05, 0) is 32.4 Å². The third-order valence-electron chi connectivity index (χ3n) is 3.15. The molecule has 0 aromatic rings. The summed E-state index contributed by atoms with van der Waals surface area (Å²) in [5.41, 5.74) is 0. The molecule has 0 spiro atoms. The van der Waals surface area contributed by atoms with Gasteiger partial charge in [0.15, 0.2) is 0 Å². The highest BCUT2D eigenvalue weighted by molar-refractivity contribution is 7.90. The molecular formula is C11H22N2O3S. The molecule has 1 saturated heterocycles. The van der Waals surface area contributed by atoms with Crippen LogP contribution in [0.4, 0.5) is 0 Å². The van der Waals surface area contributed by atoms with Crippen molar-refractivity contribution in [2.24, 2.45) is 5.92 Å². The minimum atomic E-state index is -3.03. The summed E-state index contributed by atoms with van der Waals surface area (Å²) in [5, 5.41) is 3.14. The first-order valence-corrected chi connectivity index (χ1v) is 8.08.